The Morgan fingerprint density at radius 3 is 2.65 bits per heavy atom. The van der Waals surface area contributed by atoms with E-state index in [2.05, 4.69) is 20.6 Å². The molecule has 192 valence electrons. The summed E-state index contributed by atoms with van der Waals surface area (Å²) in [6.45, 7) is 0.300. The number of rotatable bonds is 11. The van der Waals surface area contributed by atoms with Crippen molar-refractivity contribution in [1.82, 2.24) is 20.6 Å². The number of imidazole rings is 1. The largest absolute Gasteiger partial charge is 0.493 e. The molecule has 1 aliphatic rings. The molecule has 4 rings (SSSR count). The van der Waals surface area contributed by atoms with E-state index >= 15 is 0 Å². The van der Waals surface area contributed by atoms with Gasteiger partial charge in [-0.25, -0.2) is 9.78 Å². The number of hydrogen-bond acceptors (Lipinski definition) is 7. The number of fused-ring (bicyclic) bond motifs is 1. The van der Waals surface area contributed by atoms with Crippen LogP contribution in [0, 0.1) is 0 Å². The summed E-state index contributed by atoms with van der Waals surface area (Å²) in [6.07, 6.45) is 4.28. The average Bonchev–Trinajstić information content (AvgIpc) is 3.57. The van der Waals surface area contributed by atoms with Crippen LogP contribution >= 0.6 is 0 Å². The molecule has 0 bridgehead atoms. The average molecular weight is 505 g/mol. The highest BCUT2D eigenvalue weighted by molar-refractivity contribution is 5.91. The summed E-state index contributed by atoms with van der Waals surface area (Å²) >= 11 is 0. The van der Waals surface area contributed by atoms with E-state index in [1.54, 1.807) is 24.4 Å². The van der Waals surface area contributed by atoms with Gasteiger partial charge in [-0.3, -0.25) is 14.4 Å². The number of ether oxygens (including phenoxy) is 2. The van der Waals surface area contributed by atoms with Gasteiger partial charge in [0.1, 0.15) is 24.1 Å². The third-order valence-corrected chi connectivity index (χ3v) is 6.19. The predicted octanol–water partition coefficient (Wildman–Crippen LogP) is 1.72. The molecule has 2 amide bonds. The minimum atomic E-state index is -0.979. The number of aromatic nitrogens is 2. The van der Waals surface area contributed by atoms with Gasteiger partial charge in [-0.2, -0.15) is 0 Å². The number of nitrogens with one attached hydrogen (secondary N) is 3. The molecular weight excluding hydrogens is 476 g/mol. The zero-order chi connectivity index (χ0) is 26.2. The molecule has 0 radical (unpaired) electrons. The summed E-state index contributed by atoms with van der Waals surface area (Å²) in [5.41, 5.74) is 2.71. The summed E-state index contributed by atoms with van der Waals surface area (Å²) < 4.78 is 10.5. The fourth-order valence-electron chi connectivity index (χ4n) is 4.30. The van der Waals surface area contributed by atoms with Gasteiger partial charge in [0.05, 0.1) is 25.7 Å². The molecule has 2 heterocycles. The number of hydrogen-bond donors (Lipinski definition) is 3. The monoisotopic (exact) mass is 504 g/mol. The summed E-state index contributed by atoms with van der Waals surface area (Å²) in [4.78, 5) is 56.9. The number of carbonyl (C=O) groups is 4. The first-order valence-electron chi connectivity index (χ1n) is 11.9. The molecule has 0 saturated carbocycles. The fraction of sp³-hybridized carbons (Fsp3) is 0.296. The molecule has 0 spiro atoms. The Morgan fingerprint density at radius 2 is 1.95 bits per heavy atom. The van der Waals surface area contributed by atoms with Crippen LogP contribution in [0.4, 0.5) is 0 Å². The van der Waals surface area contributed by atoms with Crippen molar-refractivity contribution in [1.29, 1.82) is 0 Å². The molecule has 10 heteroatoms. The zero-order valence-electron chi connectivity index (χ0n) is 20.3. The number of aldehydes is 1. The van der Waals surface area contributed by atoms with Crippen molar-refractivity contribution in [3.8, 4) is 5.75 Å². The molecule has 0 fully saturated rings. The standard InChI is InChI=1S/C27H28N4O6/c1-36-27(35)23(12-20-13-28-16-29-20)31-26(34)22(10-17-5-3-2-4-6-17)30-25(33)11-19-15-37-24-8-7-18(14-32)9-21(19)24/h2-9,13-14,16,19,22-23H,10-12,15H2,1H3,(H,28,29)(H,30,33)(H,31,34)/t19?,22-,23-/m0/s1. The molecule has 3 N–H and O–H groups in total. The van der Waals surface area contributed by atoms with Crippen LogP contribution in [-0.2, 0) is 32.0 Å². The van der Waals surface area contributed by atoms with Gasteiger partial charge in [-0.1, -0.05) is 30.3 Å². The topological polar surface area (TPSA) is 139 Å². The van der Waals surface area contributed by atoms with Crippen LogP contribution in [0.15, 0.2) is 61.1 Å². The van der Waals surface area contributed by atoms with Crippen LogP contribution in [0.5, 0.6) is 5.75 Å². The number of methoxy groups -OCH3 is 1. The van der Waals surface area contributed by atoms with Crippen molar-refractivity contribution in [3.05, 3.63) is 83.4 Å². The van der Waals surface area contributed by atoms with Gasteiger partial charge in [-0.05, 0) is 23.8 Å². The summed E-state index contributed by atoms with van der Waals surface area (Å²) in [6, 6.07) is 12.4. The molecule has 0 saturated heterocycles. The Hall–Kier alpha value is -4.47. The molecule has 0 aliphatic carbocycles. The Balaban J connectivity index is 1.48. The van der Waals surface area contributed by atoms with Gasteiger partial charge >= 0.3 is 5.97 Å². The van der Waals surface area contributed by atoms with Crippen molar-refractivity contribution in [2.45, 2.75) is 37.3 Å². The Bertz CT molecular complexity index is 1250. The van der Waals surface area contributed by atoms with Crippen LogP contribution < -0.4 is 15.4 Å². The lowest BCUT2D eigenvalue weighted by Gasteiger charge is -2.22. The molecule has 3 aromatic rings. The zero-order valence-corrected chi connectivity index (χ0v) is 20.3. The van der Waals surface area contributed by atoms with E-state index in [1.165, 1.54) is 13.4 Å². The van der Waals surface area contributed by atoms with Gasteiger partial charge in [0.2, 0.25) is 11.8 Å². The predicted molar refractivity (Wildman–Crippen MR) is 133 cm³/mol. The molecule has 37 heavy (non-hydrogen) atoms. The van der Waals surface area contributed by atoms with E-state index in [9.17, 15) is 19.2 Å². The van der Waals surface area contributed by atoms with Crippen LogP contribution in [0.3, 0.4) is 0 Å². The van der Waals surface area contributed by atoms with E-state index in [1.807, 2.05) is 30.3 Å². The third kappa shape index (κ3) is 6.60. The molecular formula is C27H28N4O6. The molecule has 3 atom stereocenters. The first-order valence-corrected chi connectivity index (χ1v) is 11.9. The quantitative estimate of drug-likeness (QED) is 0.267. The first kappa shape index (κ1) is 25.6. The number of aromatic amines is 1. The second-order valence-corrected chi connectivity index (χ2v) is 8.79. The van der Waals surface area contributed by atoms with E-state index in [-0.39, 0.29) is 31.1 Å². The van der Waals surface area contributed by atoms with Crippen LogP contribution in [0.2, 0.25) is 0 Å². The summed E-state index contributed by atoms with van der Waals surface area (Å²) in [5.74, 6) is -1.10. The fourth-order valence-corrected chi connectivity index (χ4v) is 4.30. The van der Waals surface area contributed by atoms with Crippen molar-refractivity contribution in [2.75, 3.05) is 13.7 Å². The van der Waals surface area contributed by atoms with Crippen molar-refractivity contribution >= 4 is 24.1 Å². The Morgan fingerprint density at radius 1 is 1.14 bits per heavy atom. The van der Waals surface area contributed by atoms with Gasteiger partial charge < -0.3 is 25.1 Å². The molecule has 1 unspecified atom stereocenters. The van der Waals surface area contributed by atoms with Gasteiger partial charge in [0, 0.05) is 42.5 Å². The molecule has 1 aromatic heterocycles. The second-order valence-electron chi connectivity index (χ2n) is 8.79. The van der Waals surface area contributed by atoms with E-state index < -0.39 is 24.0 Å². The number of H-pyrrole nitrogens is 1. The van der Waals surface area contributed by atoms with Crippen molar-refractivity contribution < 1.29 is 28.7 Å². The van der Waals surface area contributed by atoms with Crippen molar-refractivity contribution in [2.24, 2.45) is 0 Å². The minimum Gasteiger partial charge on any atom is -0.493 e. The second kappa shape index (κ2) is 12.0. The molecule has 10 nitrogen and oxygen atoms in total. The lowest BCUT2D eigenvalue weighted by Crippen LogP contribution is -2.53. The lowest BCUT2D eigenvalue weighted by molar-refractivity contribution is -0.145. The molecule has 2 aromatic carbocycles. The highest BCUT2D eigenvalue weighted by atomic mass is 16.5. The van der Waals surface area contributed by atoms with E-state index in [0.29, 0.717) is 23.6 Å². The van der Waals surface area contributed by atoms with Gasteiger partial charge in [0.15, 0.2) is 0 Å². The van der Waals surface area contributed by atoms with Crippen LogP contribution in [0.1, 0.15) is 39.5 Å². The normalized spacial score (nSPS) is 15.5. The Labute approximate surface area is 213 Å². The van der Waals surface area contributed by atoms with E-state index in [4.69, 9.17) is 9.47 Å². The SMILES string of the molecule is COC(=O)[C@H](Cc1c[nH]cn1)NC(=O)[C@H](Cc1ccccc1)NC(=O)CC1COc2ccc(C=O)cc21. The van der Waals surface area contributed by atoms with E-state index in [0.717, 1.165) is 17.4 Å². The van der Waals surface area contributed by atoms with Gasteiger partial charge in [0.25, 0.3) is 0 Å². The number of carbonyl (C=O) groups excluding carboxylic acids is 4. The summed E-state index contributed by atoms with van der Waals surface area (Å²) in [5, 5.41) is 5.53. The van der Waals surface area contributed by atoms with Crippen LogP contribution in [0.25, 0.3) is 0 Å². The minimum absolute atomic E-state index is 0.0710. The van der Waals surface area contributed by atoms with Crippen LogP contribution in [-0.4, -0.2) is 59.8 Å². The highest BCUT2D eigenvalue weighted by Crippen LogP contribution is 2.36. The maximum absolute atomic E-state index is 13.3. The Kier molecular flexibility index (Phi) is 8.29. The maximum atomic E-state index is 13.3. The summed E-state index contributed by atoms with van der Waals surface area (Å²) in [7, 11) is 1.24. The number of esters is 1. The third-order valence-electron chi connectivity index (χ3n) is 6.19. The number of amides is 2. The van der Waals surface area contributed by atoms with Crippen molar-refractivity contribution in [3.63, 3.8) is 0 Å². The van der Waals surface area contributed by atoms with Gasteiger partial charge in [-0.15, -0.1) is 0 Å². The maximum Gasteiger partial charge on any atom is 0.328 e. The lowest BCUT2D eigenvalue weighted by atomic mass is 9.95. The molecule has 1 aliphatic heterocycles. The number of nitrogens with zero attached hydrogens (tertiary/aromatic N) is 1. The first-order chi connectivity index (χ1) is 18.0. The number of benzene rings is 2. The highest BCUT2D eigenvalue weighted by Gasteiger charge is 2.31. The smallest absolute Gasteiger partial charge is 0.328 e.